The molecular weight excluding hydrogens is 390 g/mol. The van der Waals surface area contributed by atoms with Crippen LogP contribution in [0.5, 0.6) is 0 Å². The van der Waals surface area contributed by atoms with Crippen molar-refractivity contribution in [2.24, 2.45) is 4.99 Å². The topological polar surface area (TPSA) is 93.8 Å². The second-order valence-corrected chi connectivity index (χ2v) is 9.23. The van der Waals surface area contributed by atoms with Gasteiger partial charge >= 0.3 is 5.97 Å². The molecule has 0 fully saturated rings. The molecule has 1 N–H and O–H groups in total. The molecule has 3 rings (SSSR count). The number of thiophene rings is 1. The molecule has 1 aliphatic heterocycles. The van der Waals surface area contributed by atoms with Gasteiger partial charge in [0.1, 0.15) is 5.00 Å². The van der Waals surface area contributed by atoms with Crippen LogP contribution >= 0.6 is 11.3 Å². The van der Waals surface area contributed by atoms with E-state index in [1.165, 1.54) is 23.5 Å². The number of nitrogens with zero attached hydrogens (tertiary/aromatic N) is 2. The summed E-state index contributed by atoms with van der Waals surface area (Å²) in [4.78, 5) is 28.9. The zero-order valence-electron chi connectivity index (χ0n) is 17.2. The van der Waals surface area contributed by atoms with Gasteiger partial charge in [-0.25, -0.2) is 9.79 Å². The highest BCUT2D eigenvalue weighted by atomic mass is 32.1. The minimum Gasteiger partial charge on any atom is -0.462 e. The van der Waals surface area contributed by atoms with Gasteiger partial charge in [-0.1, -0.05) is 12.1 Å². The number of nitro benzene ring substituents is 1. The standard InChI is InChI=1S/C21H25N3O4S/c1-6-28-19(25)16-15-11-20(2,3)23-21(4,5)17(15)29-18(16)22-12-13-8-7-9-14(10-13)24(26)27/h7-10,12,23H,6,11H2,1-5H3. The lowest BCUT2D eigenvalue weighted by Gasteiger charge is -2.42. The third-order valence-electron chi connectivity index (χ3n) is 4.72. The summed E-state index contributed by atoms with van der Waals surface area (Å²) in [6, 6.07) is 6.24. The molecule has 0 saturated heterocycles. The van der Waals surface area contributed by atoms with Crippen LogP contribution in [-0.4, -0.2) is 29.3 Å². The number of hydrogen-bond donors (Lipinski definition) is 1. The van der Waals surface area contributed by atoms with Crippen LogP contribution in [0.1, 0.15) is 61.0 Å². The molecule has 1 aliphatic rings. The lowest BCUT2D eigenvalue weighted by Crippen LogP contribution is -2.55. The van der Waals surface area contributed by atoms with Gasteiger partial charge in [0.25, 0.3) is 5.69 Å². The summed E-state index contributed by atoms with van der Waals surface area (Å²) in [6.45, 7) is 10.5. The third-order valence-corrected chi connectivity index (χ3v) is 6.18. The summed E-state index contributed by atoms with van der Waals surface area (Å²) in [6.07, 6.45) is 2.24. The van der Waals surface area contributed by atoms with Crippen LogP contribution in [0.4, 0.5) is 10.7 Å². The van der Waals surface area contributed by atoms with Crippen LogP contribution in [-0.2, 0) is 16.7 Å². The predicted molar refractivity (Wildman–Crippen MR) is 115 cm³/mol. The minimum atomic E-state index is -0.443. The molecule has 0 atom stereocenters. The third kappa shape index (κ3) is 4.38. The van der Waals surface area contributed by atoms with Crippen molar-refractivity contribution in [1.29, 1.82) is 0 Å². The average molecular weight is 416 g/mol. The summed E-state index contributed by atoms with van der Waals surface area (Å²) in [7, 11) is 0. The molecule has 2 aromatic rings. The zero-order valence-corrected chi connectivity index (χ0v) is 18.1. The number of aliphatic imine (C=N–C) groups is 1. The summed E-state index contributed by atoms with van der Waals surface area (Å²) >= 11 is 1.46. The Hall–Kier alpha value is -2.58. The second-order valence-electron chi connectivity index (χ2n) is 8.23. The molecule has 1 aromatic heterocycles. The fourth-order valence-electron chi connectivity index (χ4n) is 3.87. The van der Waals surface area contributed by atoms with Crippen LogP contribution in [0, 0.1) is 10.1 Å². The van der Waals surface area contributed by atoms with E-state index in [0.29, 0.717) is 22.5 Å². The maximum atomic E-state index is 12.8. The van der Waals surface area contributed by atoms with Crippen molar-refractivity contribution in [1.82, 2.24) is 5.32 Å². The molecule has 0 radical (unpaired) electrons. The average Bonchev–Trinajstić information content (AvgIpc) is 2.97. The Bertz CT molecular complexity index is 992. The monoisotopic (exact) mass is 415 g/mol. The number of ether oxygens (including phenoxy) is 1. The summed E-state index contributed by atoms with van der Waals surface area (Å²) < 4.78 is 5.32. The minimum absolute atomic E-state index is 0.00266. The van der Waals surface area contributed by atoms with Gasteiger partial charge in [0, 0.05) is 34.3 Å². The number of non-ortho nitro benzene ring substituents is 1. The summed E-state index contributed by atoms with van der Waals surface area (Å²) in [5.41, 5.74) is 1.56. The van der Waals surface area contributed by atoms with Crippen LogP contribution in [0.15, 0.2) is 29.3 Å². The number of fused-ring (bicyclic) bond motifs is 1. The largest absolute Gasteiger partial charge is 0.462 e. The lowest BCUT2D eigenvalue weighted by atomic mass is 9.81. The second kappa shape index (κ2) is 7.68. The van der Waals surface area contributed by atoms with Gasteiger partial charge in [-0.2, -0.15) is 0 Å². The Morgan fingerprint density at radius 1 is 1.38 bits per heavy atom. The van der Waals surface area contributed by atoms with E-state index in [1.54, 1.807) is 25.3 Å². The Balaban J connectivity index is 2.09. The molecular formula is C21H25N3O4S. The number of nitro groups is 1. The molecule has 0 saturated carbocycles. The molecule has 2 heterocycles. The van der Waals surface area contributed by atoms with Crippen LogP contribution in [0.2, 0.25) is 0 Å². The van der Waals surface area contributed by atoms with Gasteiger partial charge in [0.2, 0.25) is 0 Å². The van der Waals surface area contributed by atoms with Gasteiger partial charge in [-0.15, -0.1) is 11.3 Å². The zero-order chi connectivity index (χ0) is 21.4. The number of rotatable bonds is 5. The van der Waals surface area contributed by atoms with Crippen molar-refractivity contribution in [3.63, 3.8) is 0 Å². The number of carbonyl (C=O) groups is 1. The summed E-state index contributed by atoms with van der Waals surface area (Å²) in [5, 5.41) is 15.2. The molecule has 29 heavy (non-hydrogen) atoms. The molecule has 0 bridgehead atoms. The predicted octanol–water partition coefficient (Wildman–Crippen LogP) is 4.74. The van der Waals surface area contributed by atoms with E-state index >= 15 is 0 Å². The van der Waals surface area contributed by atoms with Crippen LogP contribution in [0.3, 0.4) is 0 Å². The van der Waals surface area contributed by atoms with E-state index in [1.807, 2.05) is 0 Å². The van der Waals surface area contributed by atoms with E-state index < -0.39 is 4.92 Å². The van der Waals surface area contributed by atoms with E-state index in [0.717, 1.165) is 10.4 Å². The highest BCUT2D eigenvalue weighted by Gasteiger charge is 2.41. The van der Waals surface area contributed by atoms with E-state index in [9.17, 15) is 14.9 Å². The molecule has 0 spiro atoms. The number of esters is 1. The maximum Gasteiger partial charge on any atom is 0.341 e. The van der Waals surface area contributed by atoms with Crippen molar-refractivity contribution in [3.8, 4) is 0 Å². The normalized spacial score (nSPS) is 17.1. The maximum absolute atomic E-state index is 12.8. The number of benzene rings is 1. The Labute approximate surface area is 174 Å². The van der Waals surface area contributed by atoms with Gasteiger partial charge in [-0.05, 0) is 52.2 Å². The first-order valence-corrected chi connectivity index (χ1v) is 10.3. The smallest absolute Gasteiger partial charge is 0.341 e. The van der Waals surface area contributed by atoms with Crippen molar-refractivity contribution in [2.45, 2.75) is 52.1 Å². The number of hydrogen-bond acceptors (Lipinski definition) is 7. The van der Waals surface area contributed by atoms with Crippen molar-refractivity contribution in [3.05, 3.63) is 55.9 Å². The van der Waals surface area contributed by atoms with Crippen molar-refractivity contribution in [2.75, 3.05) is 6.61 Å². The molecule has 0 aliphatic carbocycles. The molecule has 154 valence electrons. The first kappa shape index (κ1) is 21.1. The number of carbonyl (C=O) groups excluding carboxylic acids is 1. The van der Waals surface area contributed by atoms with Gasteiger partial charge in [-0.3, -0.25) is 10.1 Å². The first-order valence-electron chi connectivity index (χ1n) is 9.45. The quantitative estimate of drug-likeness (QED) is 0.329. The fraction of sp³-hybridized carbons (Fsp3) is 0.429. The first-order chi connectivity index (χ1) is 13.5. The Morgan fingerprint density at radius 2 is 2.10 bits per heavy atom. The highest BCUT2D eigenvalue weighted by Crippen LogP contribution is 2.46. The van der Waals surface area contributed by atoms with Gasteiger partial charge < -0.3 is 10.1 Å². The molecule has 0 unspecified atom stereocenters. The van der Waals surface area contributed by atoms with Gasteiger partial charge in [0.15, 0.2) is 0 Å². The fourth-order valence-corrected chi connectivity index (χ4v) is 5.08. The lowest BCUT2D eigenvalue weighted by molar-refractivity contribution is -0.384. The Kier molecular flexibility index (Phi) is 5.60. The van der Waals surface area contributed by atoms with Crippen molar-refractivity contribution >= 4 is 34.2 Å². The van der Waals surface area contributed by atoms with E-state index in [2.05, 4.69) is 38.0 Å². The SMILES string of the molecule is CCOC(=O)c1c(N=Cc2cccc([N+](=O)[O-])c2)sc2c1CC(C)(C)NC2(C)C. The van der Waals surface area contributed by atoms with Crippen molar-refractivity contribution < 1.29 is 14.5 Å². The van der Waals surface area contributed by atoms with E-state index in [4.69, 9.17) is 4.74 Å². The highest BCUT2D eigenvalue weighted by molar-refractivity contribution is 7.16. The molecule has 8 heteroatoms. The van der Waals surface area contributed by atoms with Gasteiger partial charge in [0.05, 0.1) is 17.1 Å². The summed E-state index contributed by atoms with van der Waals surface area (Å²) in [5.74, 6) is -0.385. The molecule has 7 nitrogen and oxygen atoms in total. The number of nitrogens with one attached hydrogen (secondary N) is 1. The molecule has 1 aromatic carbocycles. The van der Waals surface area contributed by atoms with Crippen LogP contribution in [0.25, 0.3) is 0 Å². The van der Waals surface area contributed by atoms with E-state index in [-0.39, 0.29) is 29.3 Å². The Morgan fingerprint density at radius 3 is 2.76 bits per heavy atom. The van der Waals surface area contributed by atoms with Crippen LogP contribution < -0.4 is 5.32 Å². The molecule has 0 amide bonds.